The normalized spacial score (nSPS) is 27.2. The number of likely N-dealkylation sites (tertiary alicyclic amines) is 1. The number of rotatable bonds is 13. The van der Waals surface area contributed by atoms with Crippen molar-refractivity contribution in [3.8, 4) is 0 Å². The molecule has 0 aromatic carbocycles. The lowest BCUT2D eigenvalue weighted by Crippen LogP contribution is -2.49. The van der Waals surface area contributed by atoms with Crippen LogP contribution in [0.3, 0.4) is 0 Å². The van der Waals surface area contributed by atoms with E-state index in [-0.39, 0.29) is 47.2 Å². The van der Waals surface area contributed by atoms with Gasteiger partial charge in [-0.1, -0.05) is 11.8 Å². The van der Waals surface area contributed by atoms with Gasteiger partial charge in [-0.15, -0.1) is 11.3 Å². The molecule has 0 radical (unpaired) electrons. The van der Waals surface area contributed by atoms with E-state index in [0.717, 1.165) is 0 Å². The van der Waals surface area contributed by atoms with Gasteiger partial charge in [0.25, 0.3) is 0 Å². The van der Waals surface area contributed by atoms with Crippen molar-refractivity contribution in [2.45, 2.75) is 50.1 Å². The lowest BCUT2D eigenvalue weighted by atomic mass is 10.0. The summed E-state index contributed by atoms with van der Waals surface area (Å²) in [6, 6.07) is -0.239. The van der Waals surface area contributed by atoms with Crippen LogP contribution in [-0.4, -0.2) is 81.5 Å². The Labute approximate surface area is 228 Å². The topological polar surface area (TPSA) is 223 Å². The maximum absolute atomic E-state index is 13.2. The number of carbonyl (C=O) groups is 4. The molecular weight excluding hydrogens is 530 g/mol. The summed E-state index contributed by atoms with van der Waals surface area (Å²) < 4.78 is 0. The van der Waals surface area contributed by atoms with Gasteiger partial charge in [0.1, 0.15) is 5.54 Å². The van der Waals surface area contributed by atoms with Gasteiger partial charge in [0, 0.05) is 42.9 Å². The molecule has 1 aromatic rings. The molecule has 4 unspecified atom stereocenters. The summed E-state index contributed by atoms with van der Waals surface area (Å²) in [4.78, 5) is 61.3. The summed E-state index contributed by atoms with van der Waals surface area (Å²) in [5, 5.41) is 15.1. The Balaban J connectivity index is 1.29. The smallest absolute Gasteiger partial charge is 0.240 e. The number of thiazole rings is 1. The fourth-order valence-electron chi connectivity index (χ4n) is 5.20. The van der Waals surface area contributed by atoms with Crippen molar-refractivity contribution in [2.24, 2.45) is 33.5 Å². The van der Waals surface area contributed by atoms with Crippen LogP contribution >= 0.6 is 23.1 Å². The first-order valence-electron chi connectivity index (χ1n) is 12.4. The predicted molar refractivity (Wildman–Crippen MR) is 145 cm³/mol. The Hall–Kier alpha value is -3.20. The van der Waals surface area contributed by atoms with Gasteiger partial charge in [-0.3, -0.25) is 29.6 Å². The fraction of sp³-hybridized carbons (Fsp3) is 0.609. The summed E-state index contributed by atoms with van der Waals surface area (Å²) in [7, 11) is 0. The van der Waals surface area contributed by atoms with Crippen molar-refractivity contribution >= 4 is 57.7 Å². The van der Waals surface area contributed by atoms with Crippen LogP contribution in [0.5, 0.6) is 0 Å². The van der Waals surface area contributed by atoms with E-state index in [1.165, 1.54) is 28.0 Å². The number of ketones is 1. The first-order chi connectivity index (χ1) is 18.1. The molecule has 2 aliphatic carbocycles. The van der Waals surface area contributed by atoms with Crippen LogP contribution in [0.25, 0.3) is 0 Å². The van der Waals surface area contributed by atoms with Crippen LogP contribution in [0.4, 0.5) is 0 Å². The molecule has 4 atom stereocenters. The highest BCUT2D eigenvalue weighted by atomic mass is 32.2. The van der Waals surface area contributed by atoms with Crippen LogP contribution in [0, 0.1) is 16.7 Å². The Morgan fingerprint density at radius 1 is 1.26 bits per heavy atom. The zero-order chi connectivity index (χ0) is 27.5. The molecule has 1 spiro atoms. The minimum Gasteiger partial charge on any atom is -0.379 e. The average molecular weight is 564 g/mol. The van der Waals surface area contributed by atoms with Gasteiger partial charge < -0.3 is 32.7 Å². The van der Waals surface area contributed by atoms with Crippen molar-refractivity contribution in [3.05, 3.63) is 16.6 Å². The minimum atomic E-state index is -1.08. The number of hydrogen-bond donors (Lipinski definition) is 6. The Morgan fingerprint density at radius 2 is 2.05 bits per heavy atom. The van der Waals surface area contributed by atoms with Gasteiger partial charge >= 0.3 is 0 Å². The number of carbonyl (C=O) groups excluding carboxylic acids is 4. The Kier molecular flexibility index (Phi) is 8.25. The van der Waals surface area contributed by atoms with Crippen molar-refractivity contribution < 1.29 is 19.2 Å². The standard InChI is InChI=1S/C23H33N9O4S2/c24-20(25)29-5-3-13-10-23(13,17(35)18-28-6-9-37-18)31-16(34)12-32-7-4-22(19(32)36)11-14(22)30-15(33)2-1-8-38-21(26)27/h6,9,13-14H,1-5,7-8,10-12H2,(H3,26,27)(H,30,33)(H,31,34)(H4,24,25,29). The second kappa shape index (κ2) is 11.3. The quantitative estimate of drug-likeness (QED) is 0.0777. The molecular formula is C23H33N9O4S2. The van der Waals surface area contributed by atoms with E-state index >= 15 is 0 Å². The van der Waals surface area contributed by atoms with Crippen molar-refractivity contribution in [1.82, 2.24) is 20.5 Å². The van der Waals surface area contributed by atoms with Gasteiger partial charge in [-0.05, 0) is 38.0 Å². The highest BCUT2D eigenvalue weighted by molar-refractivity contribution is 8.13. The molecule has 15 heteroatoms. The molecule has 3 aliphatic rings. The molecule has 38 heavy (non-hydrogen) atoms. The van der Waals surface area contributed by atoms with E-state index in [2.05, 4.69) is 20.6 Å². The summed E-state index contributed by atoms with van der Waals surface area (Å²) in [5.41, 5.74) is 14.4. The van der Waals surface area contributed by atoms with Crippen molar-refractivity contribution in [2.75, 3.05) is 25.4 Å². The number of amidine groups is 1. The predicted octanol–water partition coefficient (Wildman–Crippen LogP) is -0.622. The number of thioether (sulfide) groups is 1. The van der Waals surface area contributed by atoms with Crippen LogP contribution in [-0.2, 0) is 14.4 Å². The summed E-state index contributed by atoms with van der Waals surface area (Å²) in [6.07, 6.45) is 4.52. The SMILES string of the molecule is N=C(N)SCCCC(=O)NC1CC12CCN(CC(=O)NC1(C(=O)c3nccs3)CC1CCN=C(N)N)C2=O. The third kappa shape index (κ3) is 6.09. The van der Waals surface area contributed by atoms with Crippen LogP contribution in [0.2, 0.25) is 0 Å². The largest absolute Gasteiger partial charge is 0.379 e. The lowest BCUT2D eigenvalue weighted by molar-refractivity contribution is -0.136. The van der Waals surface area contributed by atoms with Crippen LogP contribution in [0.15, 0.2) is 16.6 Å². The zero-order valence-corrected chi connectivity index (χ0v) is 22.5. The second-order valence-electron chi connectivity index (χ2n) is 9.96. The summed E-state index contributed by atoms with van der Waals surface area (Å²) in [6.45, 7) is 0.595. The van der Waals surface area contributed by atoms with Gasteiger partial charge in [-0.2, -0.15) is 0 Å². The van der Waals surface area contributed by atoms with E-state index in [1.807, 2.05) is 0 Å². The molecule has 13 nitrogen and oxygen atoms in total. The number of guanidine groups is 1. The highest BCUT2D eigenvalue weighted by Gasteiger charge is 2.65. The fourth-order valence-corrected chi connectivity index (χ4v) is 6.37. The van der Waals surface area contributed by atoms with E-state index in [0.29, 0.717) is 62.4 Å². The molecule has 3 fully saturated rings. The first kappa shape index (κ1) is 27.8. The first-order valence-corrected chi connectivity index (χ1v) is 14.3. The molecule has 4 rings (SSSR count). The number of nitrogens with two attached hydrogens (primary N) is 3. The summed E-state index contributed by atoms with van der Waals surface area (Å²) >= 11 is 2.40. The van der Waals surface area contributed by atoms with E-state index in [1.54, 1.807) is 11.6 Å². The van der Waals surface area contributed by atoms with E-state index < -0.39 is 16.9 Å². The highest BCUT2D eigenvalue weighted by Crippen LogP contribution is 2.54. The van der Waals surface area contributed by atoms with Gasteiger partial charge in [0.15, 0.2) is 16.1 Å². The van der Waals surface area contributed by atoms with Crippen molar-refractivity contribution in [1.29, 1.82) is 5.41 Å². The van der Waals surface area contributed by atoms with Crippen LogP contribution in [0.1, 0.15) is 48.3 Å². The number of amides is 3. The molecule has 9 N–H and O–H groups in total. The van der Waals surface area contributed by atoms with E-state index in [9.17, 15) is 19.2 Å². The maximum atomic E-state index is 13.2. The minimum absolute atomic E-state index is 0.0221. The number of aromatic nitrogens is 1. The number of nitrogens with one attached hydrogen (secondary N) is 3. The Morgan fingerprint density at radius 3 is 2.74 bits per heavy atom. The van der Waals surface area contributed by atoms with E-state index in [4.69, 9.17) is 22.6 Å². The van der Waals surface area contributed by atoms with Crippen LogP contribution < -0.4 is 27.8 Å². The molecule has 206 valence electrons. The number of nitrogens with zero attached hydrogens (tertiary/aromatic N) is 3. The molecule has 1 aliphatic heterocycles. The van der Waals surface area contributed by atoms with Gasteiger partial charge in [0.05, 0.1) is 12.0 Å². The Bertz CT molecular complexity index is 1140. The monoisotopic (exact) mass is 563 g/mol. The number of aliphatic imine (C=N–C) groups is 1. The molecule has 3 amide bonds. The summed E-state index contributed by atoms with van der Waals surface area (Å²) in [5.74, 6) is -0.519. The average Bonchev–Trinajstić information content (AvgIpc) is 3.58. The molecule has 0 bridgehead atoms. The number of Topliss-reactive ketones (excluding diaryl/α,β-unsaturated/α-hetero) is 1. The molecule has 1 aromatic heterocycles. The third-order valence-corrected chi connectivity index (χ3v) is 8.94. The lowest BCUT2D eigenvalue weighted by Gasteiger charge is -2.21. The second-order valence-corrected chi connectivity index (χ2v) is 12.0. The van der Waals surface area contributed by atoms with Crippen molar-refractivity contribution in [3.63, 3.8) is 0 Å². The molecule has 2 heterocycles. The van der Waals surface area contributed by atoms with Gasteiger partial charge in [0.2, 0.25) is 23.5 Å². The molecule has 2 saturated carbocycles. The molecule has 1 saturated heterocycles. The number of hydrogen-bond acceptors (Lipinski definition) is 9. The zero-order valence-electron chi connectivity index (χ0n) is 20.9. The maximum Gasteiger partial charge on any atom is 0.240 e. The third-order valence-electron chi connectivity index (χ3n) is 7.36. The van der Waals surface area contributed by atoms with Gasteiger partial charge in [-0.25, -0.2) is 4.98 Å².